The first kappa shape index (κ1) is 21.3. The van der Waals surface area contributed by atoms with Gasteiger partial charge in [-0.3, -0.25) is 9.10 Å². The fourth-order valence-corrected chi connectivity index (χ4v) is 4.61. The maximum Gasteiger partial charge on any atom is 0.264 e. The smallest absolute Gasteiger partial charge is 0.264 e. The molecule has 0 atom stereocenters. The van der Waals surface area contributed by atoms with Gasteiger partial charge in [-0.05, 0) is 61.4 Å². The van der Waals surface area contributed by atoms with E-state index in [0.717, 1.165) is 16.8 Å². The maximum absolute atomic E-state index is 13.1. The van der Waals surface area contributed by atoms with Gasteiger partial charge in [0.05, 0.1) is 17.1 Å². The lowest BCUT2D eigenvalue weighted by Gasteiger charge is -2.23. The Balaban J connectivity index is 1.87. The molecule has 0 radical (unpaired) electrons. The fourth-order valence-electron chi connectivity index (χ4n) is 3.16. The standard InChI is InChI=1S/C24H24N2O3S/c1-4-17-26(30(28,29)22-11-6-5-7-12-22)21-15-13-20(14-16-21)24(27)25-23-18(2)9-8-10-19(23)3/h4-16H,1,17H2,2-3H3,(H,25,27). The Kier molecular flexibility index (Phi) is 6.37. The number of amides is 1. The lowest BCUT2D eigenvalue weighted by Crippen LogP contribution is -2.31. The molecule has 5 nitrogen and oxygen atoms in total. The molecule has 0 spiro atoms. The summed E-state index contributed by atoms with van der Waals surface area (Å²) < 4.78 is 27.4. The SMILES string of the molecule is C=CCN(c1ccc(C(=O)Nc2c(C)cccc2C)cc1)S(=O)(=O)c1ccccc1. The first-order chi connectivity index (χ1) is 14.3. The average Bonchev–Trinajstić information content (AvgIpc) is 2.75. The topological polar surface area (TPSA) is 66.5 Å². The number of carbonyl (C=O) groups is 1. The quantitative estimate of drug-likeness (QED) is 0.551. The van der Waals surface area contributed by atoms with Crippen molar-refractivity contribution in [1.29, 1.82) is 0 Å². The van der Waals surface area contributed by atoms with Crippen LogP contribution in [-0.2, 0) is 10.0 Å². The van der Waals surface area contributed by atoms with Crippen LogP contribution in [0.4, 0.5) is 11.4 Å². The second-order valence-corrected chi connectivity index (χ2v) is 8.77. The van der Waals surface area contributed by atoms with Gasteiger partial charge in [-0.15, -0.1) is 6.58 Å². The Morgan fingerprint density at radius 1 is 0.933 bits per heavy atom. The van der Waals surface area contributed by atoms with Crippen LogP contribution >= 0.6 is 0 Å². The zero-order valence-electron chi connectivity index (χ0n) is 17.0. The molecule has 0 saturated carbocycles. The summed E-state index contributed by atoms with van der Waals surface area (Å²) in [4.78, 5) is 12.9. The van der Waals surface area contributed by atoms with Crippen LogP contribution in [0.5, 0.6) is 0 Å². The van der Waals surface area contributed by atoms with Crippen molar-refractivity contribution in [3.05, 3.63) is 102 Å². The molecule has 0 bridgehead atoms. The van der Waals surface area contributed by atoms with Crippen LogP contribution in [0.25, 0.3) is 0 Å². The zero-order chi connectivity index (χ0) is 21.7. The Labute approximate surface area is 177 Å². The van der Waals surface area contributed by atoms with Crippen LogP contribution in [0, 0.1) is 13.8 Å². The van der Waals surface area contributed by atoms with E-state index < -0.39 is 10.0 Å². The van der Waals surface area contributed by atoms with Crippen molar-refractivity contribution >= 4 is 27.3 Å². The minimum atomic E-state index is -3.75. The number of carbonyl (C=O) groups excluding carboxylic acids is 1. The number of nitrogens with one attached hydrogen (secondary N) is 1. The minimum absolute atomic E-state index is 0.116. The summed E-state index contributed by atoms with van der Waals surface area (Å²) in [5, 5.41) is 2.94. The van der Waals surface area contributed by atoms with E-state index in [9.17, 15) is 13.2 Å². The van der Waals surface area contributed by atoms with Crippen molar-refractivity contribution in [2.75, 3.05) is 16.2 Å². The van der Waals surface area contributed by atoms with Crippen LogP contribution in [0.2, 0.25) is 0 Å². The molecule has 0 aliphatic carbocycles. The molecular formula is C24H24N2O3S. The first-order valence-electron chi connectivity index (χ1n) is 9.51. The summed E-state index contributed by atoms with van der Waals surface area (Å²) >= 11 is 0. The van der Waals surface area contributed by atoms with E-state index in [1.54, 1.807) is 54.6 Å². The van der Waals surface area contributed by atoms with Crippen molar-refractivity contribution in [2.45, 2.75) is 18.7 Å². The summed E-state index contributed by atoms with van der Waals surface area (Å²) in [7, 11) is -3.75. The number of para-hydroxylation sites is 1. The van der Waals surface area contributed by atoms with E-state index in [0.29, 0.717) is 11.3 Å². The number of rotatable bonds is 7. The van der Waals surface area contributed by atoms with Crippen LogP contribution in [-0.4, -0.2) is 20.9 Å². The Morgan fingerprint density at radius 3 is 2.10 bits per heavy atom. The van der Waals surface area contributed by atoms with Crippen molar-refractivity contribution in [2.24, 2.45) is 0 Å². The number of benzene rings is 3. The molecule has 3 rings (SSSR count). The Morgan fingerprint density at radius 2 is 1.53 bits per heavy atom. The van der Waals surface area contributed by atoms with E-state index in [2.05, 4.69) is 11.9 Å². The third-order valence-corrected chi connectivity index (χ3v) is 6.57. The molecule has 154 valence electrons. The van der Waals surface area contributed by atoms with E-state index >= 15 is 0 Å². The second-order valence-electron chi connectivity index (χ2n) is 6.91. The predicted molar refractivity (Wildman–Crippen MR) is 121 cm³/mol. The molecule has 3 aromatic rings. The summed E-state index contributed by atoms with van der Waals surface area (Å²) in [6, 6.07) is 20.5. The predicted octanol–water partition coefficient (Wildman–Crippen LogP) is 4.94. The second kappa shape index (κ2) is 8.97. The molecule has 0 heterocycles. The summed E-state index contributed by atoms with van der Waals surface area (Å²) in [6.45, 7) is 7.66. The van der Waals surface area contributed by atoms with Gasteiger partial charge in [0.15, 0.2) is 0 Å². The van der Waals surface area contributed by atoms with Gasteiger partial charge in [0.1, 0.15) is 0 Å². The van der Waals surface area contributed by atoms with Gasteiger partial charge in [0.25, 0.3) is 15.9 Å². The summed E-state index contributed by atoms with van der Waals surface area (Å²) in [6.07, 6.45) is 1.53. The van der Waals surface area contributed by atoms with Gasteiger partial charge in [0, 0.05) is 11.3 Å². The molecule has 0 aromatic heterocycles. The molecule has 1 N–H and O–H groups in total. The van der Waals surface area contributed by atoms with Crippen molar-refractivity contribution in [1.82, 2.24) is 0 Å². The van der Waals surface area contributed by atoms with E-state index in [1.807, 2.05) is 32.0 Å². The highest BCUT2D eigenvalue weighted by Crippen LogP contribution is 2.25. The highest BCUT2D eigenvalue weighted by atomic mass is 32.2. The van der Waals surface area contributed by atoms with E-state index in [-0.39, 0.29) is 17.3 Å². The molecule has 1 amide bonds. The number of nitrogens with zero attached hydrogens (tertiary/aromatic N) is 1. The minimum Gasteiger partial charge on any atom is -0.322 e. The third kappa shape index (κ3) is 4.44. The van der Waals surface area contributed by atoms with Crippen LogP contribution in [0.15, 0.2) is 90.3 Å². The van der Waals surface area contributed by atoms with Gasteiger partial charge in [-0.2, -0.15) is 0 Å². The van der Waals surface area contributed by atoms with Crippen LogP contribution in [0.3, 0.4) is 0 Å². The van der Waals surface area contributed by atoms with Crippen LogP contribution in [0.1, 0.15) is 21.5 Å². The number of anilines is 2. The third-order valence-electron chi connectivity index (χ3n) is 4.76. The van der Waals surface area contributed by atoms with Crippen LogP contribution < -0.4 is 9.62 Å². The van der Waals surface area contributed by atoms with Crippen molar-refractivity contribution in [3.8, 4) is 0 Å². The van der Waals surface area contributed by atoms with Gasteiger partial charge in [-0.1, -0.05) is 42.5 Å². The van der Waals surface area contributed by atoms with Gasteiger partial charge < -0.3 is 5.32 Å². The molecule has 30 heavy (non-hydrogen) atoms. The number of hydrogen-bond donors (Lipinski definition) is 1. The van der Waals surface area contributed by atoms with E-state index in [1.165, 1.54) is 10.4 Å². The molecule has 0 fully saturated rings. The number of hydrogen-bond acceptors (Lipinski definition) is 3. The molecule has 0 saturated heterocycles. The lowest BCUT2D eigenvalue weighted by atomic mass is 10.1. The molecule has 6 heteroatoms. The first-order valence-corrected chi connectivity index (χ1v) is 10.9. The fraction of sp³-hybridized carbons (Fsp3) is 0.125. The highest BCUT2D eigenvalue weighted by Gasteiger charge is 2.24. The molecule has 0 unspecified atom stereocenters. The molecule has 3 aromatic carbocycles. The van der Waals surface area contributed by atoms with Crippen molar-refractivity contribution in [3.63, 3.8) is 0 Å². The average molecular weight is 421 g/mol. The zero-order valence-corrected chi connectivity index (χ0v) is 17.8. The lowest BCUT2D eigenvalue weighted by molar-refractivity contribution is 0.102. The maximum atomic E-state index is 13.1. The van der Waals surface area contributed by atoms with Gasteiger partial charge >= 0.3 is 0 Å². The Bertz CT molecular complexity index is 1130. The molecule has 0 aliphatic heterocycles. The Hall–Kier alpha value is -3.38. The largest absolute Gasteiger partial charge is 0.322 e. The van der Waals surface area contributed by atoms with Gasteiger partial charge in [0.2, 0.25) is 0 Å². The monoisotopic (exact) mass is 420 g/mol. The van der Waals surface area contributed by atoms with E-state index in [4.69, 9.17) is 0 Å². The summed E-state index contributed by atoms with van der Waals surface area (Å²) in [5.41, 5.74) is 3.64. The highest BCUT2D eigenvalue weighted by molar-refractivity contribution is 7.92. The normalized spacial score (nSPS) is 11.0. The van der Waals surface area contributed by atoms with Crippen molar-refractivity contribution < 1.29 is 13.2 Å². The molecular weight excluding hydrogens is 396 g/mol. The molecule has 0 aliphatic rings. The summed E-state index contributed by atoms with van der Waals surface area (Å²) in [5.74, 6) is -0.250. The van der Waals surface area contributed by atoms with Gasteiger partial charge in [-0.25, -0.2) is 8.42 Å². The number of sulfonamides is 1. The number of aryl methyl sites for hydroxylation is 2.